The molecule has 1 amide bonds. The van der Waals surface area contributed by atoms with Crippen LogP contribution in [-0.2, 0) is 21.6 Å². The van der Waals surface area contributed by atoms with E-state index in [0.717, 1.165) is 44.2 Å². The average molecular weight is 535 g/mol. The molecular formula is C34H50N2O3. The van der Waals surface area contributed by atoms with Crippen LogP contribution in [0, 0.1) is 18.8 Å². The van der Waals surface area contributed by atoms with Gasteiger partial charge in [0.2, 0.25) is 5.91 Å². The number of esters is 1. The first-order chi connectivity index (χ1) is 18.8. The van der Waals surface area contributed by atoms with Gasteiger partial charge in [0.05, 0.1) is 5.92 Å². The molecule has 3 rings (SSSR count). The number of amides is 1. The lowest BCUT2D eigenvalue weighted by molar-refractivity contribution is -0.151. The van der Waals surface area contributed by atoms with Crippen molar-refractivity contribution in [1.29, 1.82) is 0 Å². The number of rotatable bonds is 15. The number of aryl methyl sites for hydroxylation is 1. The number of carbonyl (C=O) groups is 2. The summed E-state index contributed by atoms with van der Waals surface area (Å²) >= 11 is 0. The van der Waals surface area contributed by atoms with Gasteiger partial charge in [-0.05, 0) is 80.3 Å². The fourth-order valence-electron chi connectivity index (χ4n) is 6.79. The van der Waals surface area contributed by atoms with Gasteiger partial charge < -0.3 is 15.8 Å². The van der Waals surface area contributed by atoms with Crippen molar-refractivity contribution >= 4 is 11.9 Å². The lowest BCUT2D eigenvalue weighted by Gasteiger charge is -2.42. The van der Waals surface area contributed by atoms with Gasteiger partial charge in [-0.2, -0.15) is 0 Å². The maximum absolute atomic E-state index is 13.3. The topological polar surface area (TPSA) is 81.4 Å². The largest absolute Gasteiger partial charge is 0.461 e. The molecule has 2 aromatic carbocycles. The van der Waals surface area contributed by atoms with Crippen molar-refractivity contribution in [2.24, 2.45) is 17.6 Å². The molecule has 0 aliphatic heterocycles. The Kier molecular flexibility index (Phi) is 12.0. The summed E-state index contributed by atoms with van der Waals surface area (Å²) in [6.07, 6.45) is 10.8. The van der Waals surface area contributed by atoms with Gasteiger partial charge in [0.15, 0.2) is 0 Å². The molecule has 0 spiro atoms. The highest BCUT2D eigenvalue weighted by Gasteiger charge is 2.38. The van der Waals surface area contributed by atoms with Crippen molar-refractivity contribution in [3.05, 3.63) is 70.8 Å². The first-order valence-electron chi connectivity index (χ1n) is 15.2. The maximum atomic E-state index is 13.3. The third-order valence-corrected chi connectivity index (χ3v) is 9.18. The smallest absolute Gasteiger partial charge is 0.309 e. The summed E-state index contributed by atoms with van der Waals surface area (Å²) in [5.41, 5.74) is 9.49. The van der Waals surface area contributed by atoms with Gasteiger partial charge >= 0.3 is 5.97 Å². The second-order valence-electron chi connectivity index (χ2n) is 11.5. The predicted octanol–water partition coefficient (Wildman–Crippen LogP) is 7.24. The van der Waals surface area contributed by atoms with Gasteiger partial charge in [-0.15, -0.1) is 0 Å². The third-order valence-electron chi connectivity index (χ3n) is 9.18. The second kappa shape index (κ2) is 15.2. The molecule has 1 aliphatic carbocycles. The zero-order valence-corrected chi connectivity index (χ0v) is 24.6. The minimum atomic E-state index is -0.391. The van der Waals surface area contributed by atoms with Crippen molar-refractivity contribution in [3.63, 3.8) is 0 Å². The van der Waals surface area contributed by atoms with Gasteiger partial charge in [0.25, 0.3) is 0 Å². The van der Waals surface area contributed by atoms with Gasteiger partial charge in [0, 0.05) is 17.0 Å². The van der Waals surface area contributed by atoms with Crippen LogP contribution in [0.5, 0.6) is 0 Å². The van der Waals surface area contributed by atoms with Gasteiger partial charge in [-0.3, -0.25) is 9.59 Å². The molecule has 3 N–H and O–H groups in total. The van der Waals surface area contributed by atoms with Crippen LogP contribution in [-0.4, -0.2) is 24.5 Å². The Morgan fingerprint density at radius 3 is 2.33 bits per heavy atom. The molecule has 0 radical (unpaired) electrons. The van der Waals surface area contributed by atoms with Gasteiger partial charge in [0.1, 0.15) is 6.61 Å². The van der Waals surface area contributed by atoms with Crippen LogP contribution < -0.4 is 11.1 Å². The number of carbonyl (C=O) groups excluding carboxylic acids is 2. The van der Waals surface area contributed by atoms with E-state index >= 15 is 0 Å². The Labute approximate surface area is 236 Å². The molecule has 5 nitrogen and oxygen atoms in total. The van der Waals surface area contributed by atoms with Crippen LogP contribution >= 0.6 is 0 Å². The number of nitrogens with one attached hydrogen (secondary N) is 1. The Hall–Kier alpha value is -2.66. The van der Waals surface area contributed by atoms with Crippen molar-refractivity contribution in [1.82, 2.24) is 5.32 Å². The molecule has 0 unspecified atom stereocenters. The quantitative estimate of drug-likeness (QED) is 0.236. The van der Waals surface area contributed by atoms with E-state index in [-0.39, 0.29) is 23.3 Å². The Morgan fingerprint density at radius 1 is 1.03 bits per heavy atom. The molecule has 1 saturated carbocycles. The second-order valence-corrected chi connectivity index (χ2v) is 11.5. The van der Waals surface area contributed by atoms with Crippen LogP contribution in [0.25, 0.3) is 0 Å². The van der Waals surface area contributed by atoms with E-state index in [0.29, 0.717) is 18.1 Å². The highest BCUT2D eigenvalue weighted by atomic mass is 16.5. The normalized spacial score (nSPS) is 16.0. The lowest BCUT2D eigenvalue weighted by Crippen LogP contribution is -2.49. The van der Waals surface area contributed by atoms with E-state index in [9.17, 15) is 9.59 Å². The van der Waals surface area contributed by atoms with Crippen LogP contribution in [0.1, 0.15) is 112 Å². The minimum absolute atomic E-state index is 0.0680. The SMILES string of the molecule is CC[C@@H](NCC[C@H](CC1CCCCC1)C(=O)OCc1ccccc1)C(CC)(CC)c1cc(C(N)=O)ccc1C. The fraction of sp³-hybridized carbons (Fsp3) is 0.588. The summed E-state index contributed by atoms with van der Waals surface area (Å²) < 4.78 is 5.84. The summed E-state index contributed by atoms with van der Waals surface area (Å²) in [7, 11) is 0. The number of hydrogen-bond acceptors (Lipinski definition) is 4. The first-order valence-corrected chi connectivity index (χ1v) is 15.2. The van der Waals surface area contributed by atoms with Gasteiger partial charge in [-0.25, -0.2) is 0 Å². The van der Waals surface area contributed by atoms with Crippen LogP contribution in [0.3, 0.4) is 0 Å². The summed E-state index contributed by atoms with van der Waals surface area (Å²) in [4.78, 5) is 25.3. The van der Waals surface area contributed by atoms with Crippen LogP contribution in [0.15, 0.2) is 48.5 Å². The molecule has 2 aromatic rings. The van der Waals surface area contributed by atoms with Gasteiger partial charge in [-0.1, -0.05) is 89.3 Å². The van der Waals surface area contributed by atoms with E-state index in [1.165, 1.54) is 43.2 Å². The Balaban J connectivity index is 1.73. The van der Waals surface area contributed by atoms with Crippen LogP contribution in [0.2, 0.25) is 0 Å². The molecular weight excluding hydrogens is 484 g/mol. The lowest BCUT2D eigenvalue weighted by atomic mass is 9.67. The number of hydrogen-bond donors (Lipinski definition) is 2. The zero-order chi connectivity index (χ0) is 28.3. The third kappa shape index (κ3) is 8.17. The number of primary amides is 1. The maximum Gasteiger partial charge on any atom is 0.309 e. The van der Waals surface area contributed by atoms with E-state index < -0.39 is 5.91 Å². The van der Waals surface area contributed by atoms with Crippen molar-refractivity contribution in [2.75, 3.05) is 6.54 Å². The highest BCUT2D eigenvalue weighted by Crippen LogP contribution is 2.39. The minimum Gasteiger partial charge on any atom is -0.461 e. The van der Waals surface area contributed by atoms with E-state index in [2.05, 4.69) is 33.0 Å². The Morgan fingerprint density at radius 2 is 1.72 bits per heavy atom. The molecule has 39 heavy (non-hydrogen) atoms. The van der Waals surface area contributed by atoms with Crippen molar-refractivity contribution in [3.8, 4) is 0 Å². The van der Waals surface area contributed by atoms with E-state index in [4.69, 9.17) is 10.5 Å². The number of nitrogens with two attached hydrogens (primary N) is 1. The summed E-state index contributed by atoms with van der Waals surface area (Å²) in [6.45, 7) is 9.89. The summed E-state index contributed by atoms with van der Waals surface area (Å²) in [5.74, 6) is 0.0541. The predicted molar refractivity (Wildman–Crippen MR) is 160 cm³/mol. The molecule has 214 valence electrons. The molecule has 1 fully saturated rings. The monoisotopic (exact) mass is 534 g/mol. The number of ether oxygens (including phenoxy) is 1. The molecule has 0 aromatic heterocycles. The molecule has 0 heterocycles. The molecule has 1 aliphatic rings. The highest BCUT2D eigenvalue weighted by molar-refractivity contribution is 5.93. The van der Waals surface area contributed by atoms with Crippen molar-refractivity contribution in [2.45, 2.75) is 110 Å². The number of benzene rings is 2. The first kappa shape index (κ1) is 30.9. The summed E-state index contributed by atoms with van der Waals surface area (Å²) in [6, 6.07) is 16.0. The molecule has 2 atom stereocenters. The average Bonchev–Trinajstić information content (AvgIpc) is 2.96. The van der Waals surface area contributed by atoms with E-state index in [1.807, 2.05) is 48.5 Å². The molecule has 5 heteroatoms. The zero-order valence-electron chi connectivity index (χ0n) is 24.6. The fourth-order valence-corrected chi connectivity index (χ4v) is 6.79. The molecule has 0 saturated heterocycles. The standard InChI is InChI=1S/C34H50N2O3/c1-5-31(34(6-2,7-3)30-23-28(32(35)37)19-18-25(30)4)36-21-20-29(22-26-14-10-8-11-15-26)33(38)39-24-27-16-12-9-13-17-27/h9,12-13,16-19,23,26,29,31,36H,5-8,10-11,14-15,20-22,24H2,1-4H3,(H2,35,37)/t29-,31-/m1/s1. The molecule has 0 bridgehead atoms. The Bertz CT molecular complexity index is 1040. The van der Waals surface area contributed by atoms with Crippen LogP contribution in [0.4, 0.5) is 0 Å². The van der Waals surface area contributed by atoms with Crippen molar-refractivity contribution < 1.29 is 14.3 Å². The van der Waals surface area contributed by atoms with E-state index in [1.54, 1.807) is 0 Å². The summed E-state index contributed by atoms with van der Waals surface area (Å²) in [5, 5.41) is 3.86.